The molecule has 2 aromatic rings. The van der Waals surface area contributed by atoms with Crippen molar-refractivity contribution < 1.29 is 14.7 Å². The molecule has 0 aliphatic heterocycles. The number of aromatic nitrogens is 1. The minimum Gasteiger partial charge on any atom is -0.478 e. The van der Waals surface area contributed by atoms with Gasteiger partial charge in [-0.1, -0.05) is 15.9 Å². The van der Waals surface area contributed by atoms with Crippen LogP contribution >= 0.6 is 43.4 Å². The fourth-order valence-corrected chi connectivity index (χ4v) is 3.56. The number of nitrogens with one attached hydrogen (secondary N) is 1. The van der Waals surface area contributed by atoms with E-state index in [-0.39, 0.29) is 10.6 Å². The summed E-state index contributed by atoms with van der Waals surface area (Å²) in [5.74, 6) is -1.50. The number of carboxylic acids is 1. The van der Waals surface area contributed by atoms with Crippen molar-refractivity contribution >= 4 is 60.3 Å². The first kappa shape index (κ1) is 15.1. The maximum atomic E-state index is 12.2. The van der Waals surface area contributed by atoms with Crippen molar-refractivity contribution in [3.63, 3.8) is 0 Å². The van der Waals surface area contributed by atoms with Crippen molar-refractivity contribution in [3.05, 3.63) is 44.0 Å². The molecule has 2 rings (SSSR count). The Labute approximate surface area is 135 Å². The average molecular weight is 420 g/mol. The fraction of sp³-hybridized carbons (Fsp3) is 0.0833. The number of carbonyl (C=O) groups excluding carboxylic acids is 1. The Morgan fingerprint density at radius 3 is 2.65 bits per heavy atom. The van der Waals surface area contributed by atoms with Crippen molar-refractivity contribution in [1.82, 2.24) is 4.37 Å². The van der Waals surface area contributed by atoms with Gasteiger partial charge in [0.05, 0.1) is 11.3 Å². The predicted octanol–water partition coefficient (Wildman–Crippen LogP) is 3.93. The molecular weight excluding hydrogens is 412 g/mol. The predicted molar refractivity (Wildman–Crippen MR) is 83.6 cm³/mol. The highest BCUT2D eigenvalue weighted by atomic mass is 79.9. The maximum Gasteiger partial charge on any atom is 0.340 e. The molecule has 0 saturated heterocycles. The van der Waals surface area contributed by atoms with E-state index in [1.54, 1.807) is 25.1 Å². The SMILES string of the molecule is Cc1nsc(NC(=O)c2ccc(Br)cc2Br)c1C(=O)O. The second-order valence-electron chi connectivity index (χ2n) is 3.86. The van der Waals surface area contributed by atoms with Gasteiger partial charge in [0.25, 0.3) is 5.91 Å². The van der Waals surface area contributed by atoms with E-state index in [0.29, 0.717) is 15.7 Å². The number of anilines is 1. The molecule has 1 amide bonds. The number of carbonyl (C=O) groups is 2. The van der Waals surface area contributed by atoms with E-state index < -0.39 is 11.9 Å². The summed E-state index contributed by atoms with van der Waals surface area (Å²) in [5, 5.41) is 11.9. The normalized spacial score (nSPS) is 10.3. The van der Waals surface area contributed by atoms with Crippen LogP contribution in [0.4, 0.5) is 5.00 Å². The van der Waals surface area contributed by atoms with E-state index in [2.05, 4.69) is 41.6 Å². The zero-order valence-corrected chi connectivity index (χ0v) is 14.1. The summed E-state index contributed by atoms with van der Waals surface area (Å²) in [6, 6.07) is 5.11. The number of benzene rings is 1. The van der Waals surface area contributed by atoms with Crippen molar-refractivity contribution in [2.24, 2.45) is 0 Å². The lowest BCUT2D eigenvalue weighted by Gasteiger charge is -2.06. The highest BCUT2D eigenvalue weighted by Gasteiger charge is 2.20. The topological polar surface area (TPSA) is 79.3 Å². The zero-order chi connectivity index (χ0) is 14.9. The van der Waals surface area contributed by atoms with E-state index in [1.807, 2.05) is 0 Å². The molecule has 0 radical (unpaired) electrons. The van der Waals surface area contributed by atoms with Crippen LogP contribution in [0.2, 0.25) is 0 Å². The summed E-state index contributed by atoms with van der Waals surface area (Å²) < 4.78 is 5.40. The molecular formula is C12H8Br2N2O3S. The number of hydrogen-bond acceptors (Lipinski definition) is 4. The third-order valence-electron chi connectivity index (χ3n) is 2.48. The molecule has 0 saturated carbocycles. The first-order chi connectivity index (χ1) is 9.40. The summed E-state index contributed by atoms with van der Waals surface area (Å²) >= 11 is 7.54. The second-order valence-corrected chi connectivity index (χ2v) is 6.40. The van der Waals surface area contributed by atoms with Crippen LogP contribution in [0, 0.1) is 6.92 Å². The molecule has 104 valence electrons. The van der Waals surface area contributed by atoms with Gasteiger partial charge in [-0.25, -0.2) is 4.79 Å². The van der Waals surface area contributed by atoms with Gasteiger partial charge in [0.15, 0.2) is 0 Å². The van der Waals surface area contributed by atoms with E-state index in [9.17, 15) is 9.59 Å². The van der Waals surface area contributed by atoms with Gasteiger partial charge in [0, 0.05) is 8.95 Å². The van der Waals surface area contributed by atoms with Crippen molar-refractivity contribution in [1.29, 1.82) is 0 Å². The quantitative estimate of drug-likeness (QED) is 0.789. The Hall–Kier alpha value is -1.25. The summed E-state index contributed by atoms with van der Waals surface area (Å²) in [7, 11) is 0. The number of halogens is 2. The fourth-order valence-electron chi connectivity index (χ4n) is 1.55. The third-order valence-corrected chi connectivity index (χ3v) is 4.48. The Balaban J connectivity index is 2.31. The van der Waals surface area contributed by atoms with Gasteiger partial charge in [0.1, 0.15) is 10.6 Å². The number of amides is 1. The Morgan fingerprint density at radius 1 is 1.35 bits per heavy atom. The molecule has 0 unspecified atom stereocenters. The van der Waals surface area contributed by atoms with E-state index >= 15 is 0 Å². The molecule has 20 heavy (non-hydrogen) atoms. The molecule has 5 nitrogen and oxygen atoms in total. The van der Waals surface area contributed by atoms with Crippen LogP contribution in [-0.2, 0) is 0 Å². The number of hydrogen-bond donors (Lipinski definition) is 2. The lowest BCUT2D eigenvalue weighted by molar-refractivity contribution is 0.0697. The van der Waals surface area contributed by atoms with Crippen LogP contribution < -0.4 is 5.32 Å². The summed E-state index contributed by atoms with van der Waals surface area (Å²) in [4.78, 5) is 23.3. The first-order valence-corrected chi connectivity index (χ1v) is 7.72. The van der Waals surface area contributed by atoms with Gasteiger partial charge in [-0.15, -0.1) is 0 Å². The van der Waals surface area contributed by atoms with Crippen molar-refractivity contribution in [3.8, 4) is 0 Å². The highest BCUT2D eigenvalue weighted by molar-refractivity contribution is 9.11. The summed E-state index contributed by atoms with van der Waals surface area (Å²) in [6.07, 6.45) is 0. The van der Waals surface area contributed by atoms with Crippen LogP contribution in [0.1, 0.15) is 26.4 Å². The van der Waals surface area contributed by atoms with Crippen LogP contribution in [0.3, 0.4) is 0 Å². The molecule has 2 N–H and O–H groups in total. The molecule has 0 spiro atoms. The maximum absolute atomic E-state index is 12.2. The molecule has 0 bridgehead atoms. The van der Waals surface area contributed by atoms with Gasteiger partial charge in [-0.2, -0.15) is 4.37 Å². The van der Waals surface area contributed by atoms with Gasteiger partial charge >= 0.3 is 5.97 Å². The molecule has 1 aromatic carbocycles. The molecule has 1 heterocycles. The lowest BCUT2D eigenvalue weighted by Crippen LogP contribution is -2.14. The Bertz CT molecular complexity index is 700. The van der Waals surface area contributed by atoms with Crippen LogP contribution in [-0.4, -0.2) is 21.4 Å². The third kappa shape index (κ3) is 3.08. The molecule has 0 fully saturated rings. The summed E-state index contributed by atoms with van der Waals surface area (Å²) in [5.41, 5.74) is 0.819. The Morgan fingerprint density at radius 2 is 2.05 bits per heavy atom. The van der Waals surface area contributed by atoms with Gasteiger partial charge < -0.3 is 10.4 Å². The van der Waals surface area contributed by atoms with Crippen molar-refractivity contribution in [2.45, 2.75) is 6.92 Å². The number of nitrogens with zero attached hydrogens (tertiary/aromatic N) is 1. The van der Waals surface area contributed by atoms with Crippen LogP contribution in [0.25, 0.3) is 0 Å². The van der Waals surface area contributed by atoms with Crippen LogP contribution in [0.15, 0.2) is 27.1 Å². The minimum atomic E-state index is -1.11. The molecule has 0 aliphatic rings. The van der Waals surface area contributed by atoms with Crippen molar-refractivity contribution in [2.75, 3.05) is 5.32 Å². The van der Waals surface area contributed by atoms with E-state index in [4.69, 9.17) is 5.11 Å². The molecule has 0 atom stereocenters. The number of carboxylic acid groups (broad SMARTS) is 1. The van der Waals surface area contributed by atoms with E-state index in [1.165, 1.54) is 0 Å². The van der Waals surface area contributed by atoms with Gasteiger partial charge in [-0.3, -0.25) is 4.79 Å². The number of aromatic carboxylic acids is 1. The monoisotopic (exact) mass is 418 g/mol. The zero-order valence-electron chi connectivity index (χ0n) is 10.1. The number of rotatable bonds is 3. The number of aryl methyl sites for hydroxylation is 1. The largest absolute Gasteiger partial charge is 0.478 e. The lowest BCUT2D eigenvalue weighted by atomic mass is 10.2. The molecule has 8 heteroatoms. The average Bonchev–Trinajstić information content (AvgIpc) is 2.70. The van der Waals surface area contributed by atoms with E-state index in [0.717, 1.165) is 16.0 Å². The molecule has 0 aliphatic carbocycles. The van der Waals surface area contributed by atoms with Gasteiger partial charge in [-0.05, 0) is 52.6 Å². The molecule has 1 aromatic heterocycles. The summed E-state index contributed by atoms with van der Waals surface area (Å²) in [6.45, 7) is 1.59. The first-order valence-electron chi connectivity index (χ1n) is 5.36. The smallest absolute Gasteiger partial charge is 0.340 e. The highest BCUT2D eigenvalue weighted by Crippen LogP contribution is 2.27. The Kier molecular flexibility index (Phi) is 4.56. The van der Waals surface area contributed by atoms with Gasteiger partial charge in [0.2, 0.25) is 0 Å². The second kappa shape index (κ2) is 6.02. The minimum absolute atomic E-state index is 0.0246. The van der Waals surface area contributed by atoms with Crippen LogP contribution in [0.5, 0.6) is 0 Å². The standard InChI is InChI=1S/C12H8Br2N2O3S/c1-5-9(12(18)19)11(20-16-5)15-10(17)7-3-2-6(13)4-8(7)14/h2-4H,1H3,(H,15,17)(H,18,19).